The van der Waals surface area contributed by atoms with Crippen LogP contribution in [0.3, 0.4) is 0 Å². The number of rotatable bonds is 12. The van der Waals surface area contributed by atoms with Crippen molar-refractivity contribution in [1.82, 2.24) is 15.5 Å². The minimum atomic E-state index is 0.486. The number of aryl methyl sites for hydroxylation is 1. The highest BCUT2D eigenvalue weighted by molar-refractivity contribution is 5.77. The van der Waals surface area contributed by atoms with Crippen molar-refractivity contribution in [2.75, 3.05) is 27.3 Å². The number of aromatic nitrogens is 2. The molecule has 0 aliphatic rings. The van der Waals surface area contributed by atoms with Gasteiger partial charge in [0, 0.05) is 25.1 Å². The van der Waals surface area contributed by atoms with Crippen molar-refractivity contribution in [3.05, 3.63) is 60.0 Å². The first kappa shape index (κ1) is 23.1. The molecule has 0 fully saturated rings. The zero-order chi connectivity index (χ0) is 22.6. The minimum Gasteiger partial charge on any atom is -0.497 e. The van der Waals surface area contributed by atoms with Crippen LogP contribution in [0.25, 0.3) is 11.4 Å². The molecule has 2 aromatic carbocycles. The number of nitrogens with zero attached hydrogens (tertiary/aromatic N) is 3. The quantitative estimate of drug-likeness (QED) is 0.253. The molecule has 0 saturated heterocycles. The van der Waals surface area contributed by atoms with E-state index in [1.165, 1.54) is 5.56 Å². The van der Waals surface area contributed by atoms with Gasteiger partial charge in [-0.15, -0.1) is 0 Å². The van der Waals surface area contributed by atoms with Crippen molar-refractivity contribution < 1.29 is 14.0 Å². The third-order valence-electron chi connectivity index (χ3n) is 5.03. The van der Waals surface area contributed by atoms with Gasteiger partial charge in [-0.05, 0) is 61.2 Å². The lowest BCUT2D eigenvalue weighted by Crippen LogP contribution is -2.33. The van der Waals surface area contributed by atoms with Crippen molar-refractivity contribution in [3.63, 3.8) is 0 Å². The normalized spacial score (nSPS) is 11.4. The van der Waals surface area contributed by atoms with Crippen LogP contribution in [-0.4, -0.2) is 43.4 Å². The maximum atomic E-state index is 5.94. The zero-order valence-corrected chi connectivity index (χ0v) is 18.7. The second-order valence-electron chi connectivity index (χ2n) is 7.34. The number of hydrogen-bond acceptors (Lipinski definition) is 6. The van der Waals surface area contributed by atoms with Crippen LogP contribution in [0.4, 0.5) is 0 Å². The maximum absolute atomic E-state index is 5.94. The molecule has 32 heavy (non-hydrogen) atoms. The highest BCUT2D eigenvalue weighted by atomic mass is 16.5. The number of unbranched alkanes of at least 4 members (excludes halogenated alkanes) is 2. The Hall–Kier alpha value is -3.55. The topological polar surface area (TPSA) is 108 Å². The van der Waals surface area contributed by atoms with E-state index in [0.717, 1.165) is 55.7 Å². The predicted octanol–water partition coefficient (Wildman–Crippen LogP) is 3.61. The van der Waals surface area contributed by atoms with Gasteiger partial charge in [-0.2, -0.15) is 4.98 Å². The van der Waals surface area contributed by atoms with Crippen molar-refractivity contribution in [1.29, 1.82) is 0 Å². The standard InChI is InChI=1S/C24H31N5O3/c1-30-20-11-7-18(8-12-20)15-17-27-24(25)26-16-5-3-4-6-22-28-23(29-32-22)19-9-13-21(31-2)14-10-19/h7-14H,3-6,15-17H2,1-2H3,(H3,25,26,27). The smallest absolute Gasteiger partial charge is 0.226 e. The monoisotopic (exact) mass is 437 g/mol. The molecule has 170 valence electrons. The van der Waals surface area contributed by atoms with Gasteiger partial charge in [0.2, 0.25) is 11.7 Å². The Balaban J connectivity index is 1.28. The predicted molar refractivity (Wildman–Crippen MR) is 125 cm³/mol. The number of aliphatic imine (C=N–C) groups is 1. The molecule has 0 unspecified atom stereocenters. The van der Waals surface area contributed by atoms with E-state index >= 15 is 0 Å². The molecule has 8 heteroatoms. The second-order valence-corrected chi connectivity index (χ2v) is 7.34. The molecule has 3 aromatic rings. The molecule has 0 aliphatic heterocycles. The summed E-state index contributed by atoms with van der Waals surface area (Å²) in [4.78, 5) is 8.85. The summed E-state index contributed by atoms with van der Waals surface area (Å²) in [5.41, 5.74) is 8.08. The van der Waals surface area contributed by atoms with Gasteiger partial charge in [0.15, 0.2) is 5.96 Å². The molecule has 0 radical (unpaired) electrons. The lowest BCUT2D eigenvalue weighted by molar-refractivity contribution is 0.374. The maximum Gasteiger partial charge on any atom is 0.226 e. The summed E-state index contributed by atoms with van der Waals surface area (Å²) < 4.78 is 15.7. The van der Waals surface area contributed by atoms with Gasteiger partial charge < -0.3 is 25.0 Å². The minimum absolute atomic E-state index is 0.486. The van der Waals surface area contributed by atoms with Gasteiger partial charge in [0.25, 0.3) is 0 Å². The van der Waals surface area contributed by atoms with Crippen LogP contribution in [0.2, 0.25) is 0 Å². The van der Waals surface area contributed by atoms with Gasteiger partial charge in [-0.1, -0.05) is 23.7 Å². The van der Waals surface area contributed by atoms with Gasteiger partial charge >= 0.3 is 0 Å². The molecular formula is C24H31N5O3. The van der Waals surface area contributed by atoms with Crippen LogP contribution in [-0.2, 0) is 12.8 Å². The third-order valence-corrected chi connectivity index (χ3v) is 5.03. The molecule has 1 aromatic heterocycles. The summed E-state index contributed by atoms with van der Waals surface area (Å²) in [5.74, 6) is 3.40. The Morgan fingerprint density at radius 2 is 1.62 bits per heavy atom. The fraction of sp³-hybridized carbons (Fsp3) is 0.375. The molecule has 0 spiro atoms. The average Bonchev–Trinajstić information content (AvgIpc) is 3.31. The lowest BCUT2D eigenvalue weighted by atomic mass is 10.1. The van der Waals surface area contributed by atoms with E-state index in [1.54, 1.807) is 14.2 Å². The Bertz CT molecular complexity index is 968. The summed E-state index contributed by atoms with van der Waals surface area (Å²) in [5, 5.41) is 7.22. The van der Waals surface area contributed by atoms with E-state index in [9.17, 15) is 0 Å². The number of benzene rings is 2. The summed E-state index contributed by atoms with van der Waals surface area (Å²) in [6, 6.07) is 15.6. The first-order valence-corrected chi connectivity index (χ1v) is 10.8. The van der Waals surface area contributed by atoms with E-state index in [4.69, 9.17) is 19.7 Å². The first-order chi connectivity index (χ1) is 15.7. The van der Waals surface area contributed by atoms with Crippen molar-refractivity contribution in [2.24, 2.45) is 10.7 Å². The Kier molecular flexibility index (Phi) is 8.92. The van der Waals surface area contributed by atoms with Gasteiger partial charge in [0.1, 0.15) is 11.5 Å². The molecule has 8 nitrogen and oxygen atoms in total. The van der Waals surface area contributed by atoms with E-state index in [1.807, 2.05) is 36.4 Å². The van der Waals surface area contributed by atoms with Crippen LogP contribution in [0.5, 0.6) is 11.5 Å². The van der Waals surface area contributed by atoms with Gasteiger partial charge in [0.05, 0.1) is 14.2 Å². The number of hydrogen-bond donors (Lipinski definition) is 2. The summed E-state index contributed by atoms with van der Waals surface area (Å²) >= 11 is 0. The molecule has 3 rings (SSSR count). The largest absolute Gasteiger partial charge is 0.497 e. The van der Waals surface area contributed by atoms with Crippen molar-refractivity contribution in [3.8, 4) is 22.9 Å². The van der Waals surface area contributed by atoms with Crippen LogP contribution < -0.4 is 20.5 Å². The Morgan fingerprint density at radius 1 is 0.938 bits per heavy atom. The summed E-state index contributed by atoms with van der Waals surface area (Å²) in [7, 11) is 3.31. The SMILES string of the molecule is COc1ccc(CCNC(N)=NCCCCCc2nc(-c3ccc(OC)cc3)no2)cc1. The summed E-state index contributed by atoms with van der Waals surface area (Å²) in [6.45, 7) is 1.44. The third kappa shape index (κ3) is 7.30. The van der Waals surface area contributed by atoms with E-state index < -0.39 is 0 Å². The van der Waals surface area contributed by atoms with E-state index in [2.05, 4.69) is 32.6 Å². The number of methoxy groups -OCH3 is 2. The van der Waals surface area contributed by atoms with Crippen LogP contribution >= 0.6 is 0 Å². The van der Waals surface area contributed by atoms with Gasteiger partial charge in [-0.3, -0.25) is 4.99 Å². The van der Waals surface area contributed by atoms with Crippen LogP contribution in [0.1, 0.15) is 30.7 Å². The second kappa shape index (κ2) is 12.3. The molecule has 0 aliphatic carbocycles. The fourth-order valence-corrected chi connectivity index (χ4v) is 3.16. The fourth-order valence-electron chi connectivity index (χ4n) is 3.16. The first-order valence-electron chi connectivity index (χ1n) is 10.8. The molecule has 0 saturated carbocycles. The van der Waals surface area contributed by atoms with E-state index in [0.29, 0.717) is 24.2 Å². The molecule has 0 amide bonds. The molecule has 1 heterocycles. The molecule has 0 atom stereocenters. The van der Waals surface area contributed by atoms with Crippen molar-refractivity contribution >= 4 is 5.96 Å². The highest BCUT2D eigenvalue weighted by Gasteiger charge is 2.08. The molecule has 0 bridgehead atoms. The zero-order valence-electron chi connectivity index (χ0n) is 18.7. The van der Waals surface area contributed by atoms with Crippen LogP contribution in [0, 0.1) is 0 Å². The number of nitrogens with one attached hydrogen (secondary N) is 1. The lowest BCUT2D eigenvalue weighted by Gasteiger charge is -2.06. The number of ether oxygens (including phenoxy) is 2. The van der Waals surface area contributed by atoms with Crippen molar-refractivity contribution in [2.45, 2.75) is 32.1 Å². The summed E-state index contributed by atoms with van der Waals surface area (Å²) in [6.07, 6.45) is 4.57. The van der Waals surface area contributed by atoms with Gasteiger partial charge in [-0.25, -0.2) is 0 Å². The number of guanidine groups is 1. The highest BCUT2D eigenvalue weighted by Crippen LogP contribution is 2.20. The average molecular weight is 438 g/mol. The van der Waals surface area contributed by atoms with Crippen LogP contribution in [0.15, 0.2) is 58.0 Å². The Labute approximate surface area is 188 Å². The van der Waals surface area contributed by atoms with E-state index in [-0.39, 0.29) is 0 Å². The Morgan fingerprint density at radius 3 is 2.31 bits per heavy atom. The number of nitrogens with two attached hydrogens (primary N) is 1. The molecule has 3 N–H and O–H groups in total. The molecular weight excluding hydrogens is 406 g/mol.